The van der Waals surface area contributed by atoms with Gasteiger partial charge in [-0.1, -0.05) is 34.6 Å². The molecule has 0 aromatic heterocycles. The van der Waals surface area contributed by atoms with Crippen molar-refractivity contribution in [1.29, 1.82) is 0 Å². The maximum atomic E-state index is 6.49. The molecule has 2 heteroatoms. The van der Waals surface area contributed by atoms with Gasteiger partial charge in [0.05, 0.1) is 0 Å². The van der Waals surface area contributed by atoms with Crippen LogP contribution in [0.25, 0.3) is 0 Å². The van der Waals surface area contributed by atoms with Crippen molar-refractivity contribution in [3.8, 4) is 0 Å². The summed E-state index contributed by atoms with van der Waals surface area (Å²) in [5.74, 6) is 0.838. The number of nitrogens with zero attached hydrogens (tertiary/aromatic N) is 1. The first-order valence-electron chi connectivity index (χ1n) is 8.81. The Balaban J connectivity index is 2.04. The third kappa shape index (κ3) is 3.22. The highest BCUT2D eigenvalue weighted by Gasteiger charge is 2.42. The zero-order valence-electron chi connectivity index (χ0n) is 14.4. The Bertz CT molecular complexity index is 314. The molecule has 2 N–H and O–H groups in total. The summed E-state index contributed by atoms with van der Waals surface area (Å²) < 4.78 is 0. The van der Waals surface area contributed by atoms with Gasteiger partial charge in [-0.25, -0.2) is 0 Å². The van der Waals surface area contributed by atoms with E-state index in [2.05, 4.69) is 39.5 Å². The van der Waals surface area contributed by atoms with Crippen LogP contribution in [0.3, 0.4) is 0 Å². The van der Waals surface area contributed by atoms with Gasteiger partial charge in [0, 0.05) is 18.6 Å². The molecule has 0 bridgehead atoms. The van der Waals surface area contributed by atoms with Gasteiger partial charge in [0.2, 0.25) is 0 Å². The Labute approximate surface area is 126 Å². The van der Waals surface area contributed by atoms with Gasteiger partial charge >= 0.3 is 0 Å². The van der Waals surface area contributed by atoms with Crippen molar-refractivity contribution in [3.63, 3.8) is 0 Å². The van der Waals surface area contributed by atoms with E-state index in [1.54, 1.807) is 0 Å². The second kappa shape index (κ2) is 5.96. The molecule has 118 valence electrons. The van der Waals surface area contributed by atoms with E-state index in [1.165, 1.54) is 51.6 Å². The van der Waals surface area contributed by atoms with Crippen LogP contribution in [0.1, 0.15) is 73.1 Å². The Morgan fingerprint density at radius 2 is 1.80 bits per heavy atom. The molecule has 1 heterocycles. The van der Waals surface area contributed by atoms with Gasteiger partial charge in [0.1, 0.15) is 0 Å². The maximum absolute atomic E-state index is 6.49. The van der Waals surface area contributed by atoms with Crippen molar-refractivity contribution in [2.45, 2.75) is 85.2 Å². The summed E-state index contributed by atoms with van der Waals surface area (Å²) in [7, 11) is 0. The minimum atomic E-state index is 0.401. The van der Waals surface area contributed by atoms with Crippen molar-refractivity contribution in [1.82, 2.24) is 4.90 Å². The molecule has 0 aromatic carbocycles. The molecular formula is C18H36N2. The van der Waals surface area contributed by atoms with Crippen LogP contribution in [0.4, 0.5) is 0 Å². The Kier molecular flexibility index (Phi) is 4.86. The summed E-state index contributed by atoms with van der Waals surface area (Å²) in [6.45, 7) is 14.5. The predicted octanol–water partition coefficient (Wildman–Crippen LogP) is 4.04. The summed E-state index contributed by atoms with van der Waals surface area (Å²) in [5, 5.41) is 0. The Morgan fingerprint density at radius 1 is 1.15 bits per heavy atom. The smallest absolute Gasteiger partial charge is 0.0250 e. The highest BCUT2D eigenvalue weighted by molar-refractivity contribution is 4.98. The topological polar surface area (TPSA) is 29.3 Å². The third-order valence-electron chi connectivity index (χ3n) is 6.53. The van der Waals surface area contributed by atoms with Crippen LogP contribution in [0.15, 0.2) is 0 Å². The molecule has 0 aromatic rings. The fourth-order valence-corrected chi connectivity index (χ4v) is 4.46. The molecule has 1 aliphatic heterocycles. The molecule has 2 nitrogen and oxygen atoms in total. The number of likely N-dealkylation sites (tertiary alicyclic amines) is 1. The molecule has 1 saturated carbocycles. The quantitative estimate of drug-likeness (QED) is 0.845. The molecule has 0 spiro atoms. The predicted molar refractivity (Wildman–Crippen MR) is 87.8 cm³/mol. The third-order valence-corrected chi connectivity index (χ3v) is 6.53. The van der Waals surface area contributed by atoms with Crippen LogP contribution in [0.5, 0.6) is 0 Å². The average Bonchev–Trinajstić information content (AvgIpc) is 2.83. The summed E-state index contributed by atoms with van der Waals surface area (Å²) in [6.07, 6.45) is 7.88. The first-order chi connectivity index (χ1) is 9.31. The molecule has 0 amide bonds. The molecule has 2 fully saturated rings. The molecule has 20 heavy (non-hydrogen) atoms. The van der Waals surface area contributed by atoms with Crippen LogP contribution >= 0.6 is 0 Å². The molecule has 3 unspecified atom stereocenters. The van der Waals surface area contributed by atoms with Crippen molar-refractivity contribution in [2.75, 3.05) is 13.1 Å². The van der Waals surface area contributed by atoms with Gasteiger partial charge < -0.3 is 5.73 Å². The molecule has 2 rings (SSSR count). The standard InChI is InChI=1S/C18H36N2/c1-6-18(7-2)10-11-20(13-18)16-12-14(17(3,4)5)8-9-15(16)19/h14-16H,6-13,19H2,1-5H3. The molecule has 1 saturated heterocycles. The normalized spacial score (nSPS) is 35.4. The van der Waals surface area contributed by atoms with Gasteiger partial charge in [-0.05, 0) is 61.8 Å². The first kappa shape index (κ1) is 16.3. The number of hydrogen-bond acceptors (Lipinski definition) is 2. The van der Waals surface area contributed by atoms with E-state index >= 15 is 0 Å². The minimum absolute atomic E-state index is 0.401. The van der Waals surface area contributed by atoms with Crippen molar-refractivity contribution in [2.24, 2.45) is 22.5 Å². The average molecular weight is 280 g/mol. The summed E-state index contributed by atoms with van der Waals surface area (Å²) in [6, 6.07) is 1.03. The van der Waals surface area contributed by atoms with E-state index in [-0.39, 0.29) is 0 Å². The van der Waals surface area contributed by atoms with Crippen LogP contribution < -0.4 is 5.73 Å². The van der Waals surface area contributed by atoms with E-state index in [9.17, 15) is 0 Å². The second-order valence-corrected chi connectivity index (χ2v) is 8.53. The minimum Gasteiger partial charge on any atom is -0.326 e. The maximum Gasteiger partial charge on any atom is 0.0250 e. The first-order valence-corrected chi connectivity index (χ1v) is 8.81. The van der Waals surface area contributed by atoms with E-state index in [4.69, 9.17) is 5.73 Å². The number of nitrogens with two attached hydrogens (primary N) is 1. The van der Waals surface area contributed by atoms with Crippen molar-refractivity contribution < 1.29 is 0 Å². The lowest BCUT2D eigenvalue weighted by molar-refractivity contribution is 0.0746. The summed E-state index contributed by atoms with van der Waals surface area (Å²) >= 11 is 0. The highest BCUT2D eigenvalue weighted by atomic mass is 15.2. The molecular weight excluding hydrogens is 244 g/mol. The zero-order chi connectivity index (χ0) is 15.0. The van der Waals surface area contributed by atoms with Crippen LogP contribution in [0, 0.1) is 16.7 Å². The van der Waals surface area contributed by atoms with Gasteiger partial charge in [-0.3, -0.25) is 4.90 Å². The Morgan fingerprint density at radius 3 is 2.30 bits per heavy atom. The van der Waals surface area contributed by atoms with E-state index in [0.717, 1.165) is 5.92 Å². The molecule has 1 aliphatic carbocycles. The van der Waals surface area contributed by atoms with Crippen molar-refractivity contribution >= 4 is 0 Å². The lowest BCUT2D eigenvalue weighted by atomic mass is 9.69. The van der Waals surface area contributed by atoms with Gasteiger partial charge in [0.25, 0.3) is 0 Å². The SMILES string of the molecule is CCC1(CC)CCN(C2CC(C(C)(C)C)CCC2N)C1. The summed E-state index contributed by atoms with van der Waals surface area (Å²) in [4.78, 5) is 2.75. The zero-order valence-corrected chi connectivity index (χ0v) is 14.4. The van der Waals surface area contributed by atoms with Crippen LogP contribution in [-0.4, -0.2) is 30.1 Å². The van der Waals surface area contributed by atoms with E-state index < -0.39 is 0 Å². The summed E-state index contributed by atoms with van der Waals surface area (Å²) in [5.41, 5.74) is 7.51. The van der Waals surface area contributed by atoms with Gasteiger partial charge in [-0.15, -0.1) is 0 Å². The number of hydrogen-bond donors (Lipinski definition) is 1. The number of rotatable bonds is 3. The fraction of sp³-hybridized carbons (Fsp3) is 1.00. The van der Waals surface area contributed by atoms with Gasteiger partial charge in [0.15, 0.2) is 0 Å². The monoisotopic (exact) mass is 280 g/mol. The van der Waals surface area contributed by atoms with Gasteiger partial charge in [-0.2, -0.15) is 0 Å². The molecule has 2 aliphatic rings. The van der Waals surface area contributed by atoms with Crippen molar-refractivity contribution in [3.05, 3.63) is 0 Å². The molecule has 3 atom stereocenters. The lowest BCUT2D eigenvalue weighted by Crippen LogP contribution is -2.52. The van der Waals surface area contributed by atoms with Crippen LogP contribution in [0.2, 0.25) is 0 Å². The largest absolute Gasteiger partial charge is 0.326 e. The highest BCUT2D eigenvalue weighted by Crippen LogP contribution is 2.43. The molecule has 0 radical (unpaired) electrons. The second-order valence-electron chi connectivity index (χ2n) is 8.53. The van der Waals surface area contributed by atoms with E-state index in [0.29, 0.717) is 22.9 Å². The fourth-order valence-electron chi connectivity index (χ4n) is 4.46. The lowest BCUT2D eigenvalue weighted by Gasteiger charge is -2.44. The Hall–Kier alpha value is -0.0800. The van der Waals surface area contributed by atoms with E-state index in [1.807, 2.05) is 0 Å². The van der Waals surface area contributed by atoms with Crippen LogP contribution in [-0.2, 0) is 0 Å².